The van der Waals surface area contributed by atoms with Crippen LogP contribution in [0.25, 0.3) is 0 Å². The third-order valence-corrected chi connectivity index (χ3v) is 3.39. The molecule has 0 radical (unpaired) electrons. The largest absolute Gasteiger partial charge is 0.360 e. The number of aryl methyl sites for hydroxylation is 1. The zero-order chi connectivity index (χ0) is 11.6. The molecule has 1 aromatic carbocycles. The van der Waals surface area contributed by atoms with E-state index in [-0.39, 0.29) is 4.65 Å². The Balaban J connectivity index is 2.08. The highest BCUT2D eigenvalue weighted by molar-refractivity contribution is 5.48. The Bertz CT molecular complexity index is 353. The smallest absolute Gasteiger partial charge is 0.126 e. The van der Waals surface area contributed by atoms with E-state index in [9.17, 15) is 5.21 Å². The number of nitrogens with zero attached hydrogens (tertiary/aromatic N) is 2. The highest BCUT2D eigenvalue weighted by Crippen LogP contribution is 2.19. The molecule has 0 amide bonds. The molecule has 0 unspecified atom stereocenters. The molecule has 1 saturated heterocycles. The van der Waals surface area contributed by atoms with Gasteiger partial charge in [0.1, 0.15) is 13.1 Å². The maximum Gasteiger partial charge on any atom is 0.126 e. The summed E-state index contributed by atoms with van der Waals surface area (Å²) in [5.74, 6) is 0. The third kappa shape index (κ3) is 2.54. The number of anilines is 1. The van der Waals surface area contributed by atoms with E-state index in [0.717, 1.165) is 32.6 Å². The first-order valence-electron chi connectivity index (χ1n) is 6.02. The van der Waals surface area contributed by atoms with Crippen LogP contribution in [-0.4, -0.2) is 43.1 Å². The molecule has 1 aliphatic heterocycles. The number of quaternary nitrogens is 1. The van der Waals surface area contributed by atoms with Gasteiger partial charge in [0.05, 0.1) is 20.1 Å². The number of rotatable bonds is 2. The Hall–Kier alpha value is -1.06. The number of likely N-dealkylation sites (N-methyl/N-ethyl adjacent to an activating group) is 1. The lowest BCUT2D eigenvalue weighted by Gasteiger charge is -2.37. The van der Waals surface area contributed by atoms with E-state index in [2.05, 4.69) is 36.1 Å². The van der Waals surface area contributed by atoms with Crippen molar-refractivity contribution in [2.75, 3.05) is 38.1 Å². The van der Waals surface area contributed by atoms with E-state index in [1.165, 1.54) is 11.3 Å². The maximum absolute atomic E-state index is 9.85. The van der Waals surface area contributed by atoms with Crippen LogP contribution in [0.1, 0.15) is 12.5 Å². The van der Waals surface area contributed by atoms with E-state index >= 15 is 0 Å². The average molecular weight is 221 g/mol. The van der Waals surface area contributed by atoms with Crippen molar-refractivity contribution in [2.45, 2.75) is 13.3 Å². The highest BCUT2D eigenvalue weighted by Gasteiger charge is 2.27. The fraction of sp³-hybridized carbons (Fsp3) is 0.538. The van der Waals surface area contributed by atoms with Crippen LogP contribution in [0.5, 0.6) is 0 Å². The molecule has 16 heavy (non-hydrogen) atoms. The number of benzene rings is 1. The van der Waals surface area contributed by atoms with Gasteiger partial charge in [-0.15, -0.1) is 0 Å². The summed E-state index contributed by atoms with van der Waals surface area (Å²) in [6.45, 7) is 5.64. The Kier molecular flexibility index (Phi) is 3.17. The van der Waals surface area contributed by atoms with Gasteiger partial charge in [-0.05, 0) is 24.1 Å². The Labute approximate surface area is 97.5 Å². The van der Waals surface area contributed by atoms with Gasteiger partial charge in [-0.3, -0.25) is 0 Å². The van der Waals surface area contributed by atoms with Crippen molar-refractivity contribution in [1.29, 1.82) is 0 Å². The van der Waals surface area contributed by atoms with Crippen LogP contribution in [0.4, 0.5) is 5.69 Å². The van der Waals surface area contributed by atoms with Crippen LogP contribution >= 0.6 is 0 Å². The molecule has 1 heterocycles. The fourth-order valence-electron chi connectivity index (χ4n) is 2.13. The van der Waals surface area contributed by atoms with E-state index in [1.807, 2.05) is 7.05 Å². The van der Waals surface area contributed by atoms with E-state index in [0.29, 0.717) is 0 Å². The zero-order valence-electron chi connectivity index (χ0n) is 10.2. The second-order valence-corrected chi connectivity index (χ2v) is 4.80. The molecule has 1 N–H and O–H groups in total. The van der Waals surface area contributed by atoms with Crippen molar-refractivity contribution in [3.63, 3.8) is 0 Å². The van der Waals surface area contributed by atoms with Gasteiger partial charge in [0.15, 0.2) is 0 Å². The number of hydroxylamine groups is 3. The van der Waals surface area contributed by atoms with Crippen LogP contribution in [0.15, 0.2) is 24.3 Å². The summed E-state index contributed by atoms with van der Waals surface area (Å²) in [5.41, 5.74) is 2.67. The predicted octanol–water partition coefficient (Wildman–Crippen LogP) is 1.90. The summed E-state index contributed by atoms with van der Waals surface area (Å²) in [6.07, 6.45) is 1.08. The summed E-state index contributed by atoms with van der Waals surface area (Å²) >= 11 is 0. The topological polar surface area (TPSA) is 23.5 Å². The van der Waals surface area contributed by atoms with Crippen molar-refractivity contribution in [3.8, 4) is 0 Å². The van der Waals surface area contributed by atoms with Crippen molar-refractivity contribution in [1.82, 2.24) is 0 Å². The van der Waals surface area contributed by atoms with Gasteiger partial charge in [-0.2, -0.15) is 4.65 Å². The molecule has 1 aromatic rings. The molecule has 0 aromatic heterocycles. The van der Waals surface area contributed by atoms with Crippen LogP contribution in [-0.2, 0) is 6.42 Å². The molecule has 3 heteroatoms. The first-order chi connectivity index (χ1) is 7.61. The monoisotopic (exact) mass is 221 g/mol. The molecule has 2 rings (SSSR count). The lowest BCUT2D eigenvalue weighted by atomic mass is 10.1. The summed E-state index contributed by atoms with van der Waals surface area (Å²) in [4.78, 5) is 2.36. The van der Waals surface area contributed by atoms with Gasteiger partial charge in [0.2, 0.25) is 0 Å². The van der Waals surface area contributed by atoms with Crippen LogP contribution in [0.3, 0.4) is 0 Å². The van der Waals surface area contributed by atoms with Gasteiger partial charge >= 0.3 is 0 Å². The summed E-state index contributed by atoms with van der Waals surface area (Å²) in [7, 11) is 1.87. The zero-order valence-corrected chi connectivity index (χ0v) is 10.2. The van der Waals surface area contributed by atoms with Gasteiger partial charge in [-0.1, -0.05) is 19.1 Å². The van der Waals surface area contributed by atoms with Gasteiger partial charge in [0, 0.05) is 5.69 Å². The first kappa shape index (κ1) is 11.4. The van der Waals surface area contributed by atoms with Gasteiger partial charge in [-0.25, -0.2) is 5.21 Å². The quantitative estimate of drug-likeness (QED) is 0.771. The number of hydrogen-bond acceptors (Lipinski definition) is 2. The summed E-state index contributed by atoms with van der Waals surface area (Å²) in [5, 5.41) is 9.85. The summed E-state index contributed by atoms with van der Waals surface area (Å²) in [6, 6.07) is 8.70. The Morgan fingerprint density at radius 1 is 1.31 bits per heavy atom. The van der Waals surface area contributed by atoms with Crippen molar-refractivity contribution >= 4 is 5.69 Å². The van der Waals surface area contributed by atoms with Crippen LogP contribution < -0.4 is 4.90 Å². The van der Waals surface area contributed by atoms with E-state index in [1.54, 1.807) is 0 Å². The van der Waals surface area contributed by atoms with Crippen LogP contribution in [0.2, 0.25) is 0 Å². The lowest BCUT2D eigenvalue weighted by molar-refractivity contribution is -1.09. The highest BCUT2D eigenvalue weighted by atomic mass is 16.5. The maximum atomic E-state index is 9.85. The van der Waals surface area contributed by atoms with Gasteiger partial charge in [0.25, 0.3) is 0 Å². The van der Waals surface area contributed by atoms with E-state index < -0.39 is 0 Å². The standard InChI is InChI=1S/C13H21N2O/c1-3-12-5-4-6-13(11-12)14-7-9-15(2,16)10-8-14/h4-6,11,16H,3,7-10H2,1-2H3/q+1. The molecule has 1 fully saturated rings. The Morgan fingerprint density at radius 3 is 2.62 bits per heavy atom. The summed E-state index contributed by atoms with van der Waals surface area (Å²) < 4.78 is 0.157. The molecule has 88 valence electrons. The lowest BCUT2D eigenvalue weighted by Crippen LogP contribution is -2.55. The molecule has 3 nitrogen and oxygen atoms in total. The minimum absolute atomic E-state index is 0.157. The first-order valence-corrected chi connectivity index (χ1v) is 6.02. The Morgan fingerprint density at radius 2 is 2.00 bits per heavy atom. The average Bonchev–Trinajstić information content (AvgIpc) is 2.29. The molecule has 0 aliphatic carbocycles. The minimum Gasteiger partial charge on any atom is -0.360 e. The van der Waals surface area contributed by atoms with E-state index in [4.69, 9.17) is 0 Å². The number of hydrogen-bond donors (Lipinski definition) is 1. The van der Waals surface area contributed by atoms with Crippen molar-refractivity contribution in [2.24, 2.45) is 0 Å². The second-order valence-electron chi connectivity index (χ2n) is 4.80. The van der Waals surface area contributed by atoms with Gasteiger partial charge < -0.3 is 4.90 Å². The van der Waals surface area contributed by atoms with Crippen molar-refractivity contribution in [3.05, 3.63) is 29.8 Å². The molecular formula is C13H21N2O+. The molecule has 0 atom stereocenters. The van der Waals surface area contributed by atoms with Crippen molar-refractivity contribution < 1.29 is 9.85 Å². The molecular weight excluding hydrogens is 200 g/mol. The minimum atomic E-state index is 0.157. The van der Waals surface area contributed by atoms with Crippen LogP contribution in [0, 0.1) is 0 Å². The number of piperazine rings is 1. The SMILES string of the molecule is CCc1cccc(N2CC[N+](C)(O)CC2)c1. The normalized spacial score (nSPS) is 19.8. The molecule has 0 spiro atoms. The molecule has 0 bridgehead atoms. The third-order valence-electron chi connectivity index (χ3n) is 3.39. The predicted molar refractivity (Wildman–Crippen MR) is 65.7 cm³/mol. The molecule has 0 saturated carbocycles. The second kappa shape index (κ2) is 4.44. The molecule has 1 aliphatic rings. The fourth-order valence-corrected chi connectivity index (χ4v) is 2.13.